The van der Waals surface area contributed by atoms with E-state index in [9.17, 15) is 10.5 Å². The maximum atomic E-state index is 9.41. The van der Waals surface area contributed by atoms with E-state index in [0.29, 0.717) is 11.7 Å². The van der Waals surface area contributed by atoms with Crippen molar-refractivity contribution in [1.29, 1.82) is 10.5 Å². The van der Waals surface area contributed by atoms with Gasteiger partial charge in [-0.3, -0.25) is 0 Å². The summed E-state index contributed by atoms with van der Waals surface area (Å²) in [7, 11) is 1.78. The van der Waals surface area contributed by atoms with Crippen LogP contribution in [0.4, 0.5) is 0 Å². The number of rotatable bonds is 2. The lowest BCUT2D eigenvalue weighted by molar-refractivity contribution is 0.0433. The molecule has 0 amide bonds. The van der Waals surface area contributed by atoms with Crippen LogP contribution in [0.1, 0.15) is 48.8 Å². The summed E-state index contributed by atoms with van der Waals surface area (Å²) in [5.41, 5.74) is 6.01. The standard InChI is InChI=1S/C24H23N3O/c1-28-21-8-11-24(12-9-21)10-7-18-5-6-20(14-22(18)23(24)27-16-26)19-4-2-3-17(13-19)15-25/h2-6,13-14,21H,7-12H2,1H3/b27-23-. The van der Waals surface area contributed by atoms with Crippen LogP contribution in [0.5, 0.6) is 0 Å². The Bertz CT molecular complexity index is 1000. The summed E-state index contributed by atoms with van der Waals surface area (Å²) in [6.07, 6.45) is 8.49. The van der Waals surface area contributed by atoms with E-state index in [1.54, 1.807) is 7.11 Å². The zero-order valence-electron chi connectivity index (χ0n) is 16.1. The average Bonchev–Trinajstić information content (AvgIpc) is 2.76. The Kier molecular flexibility index (Phi) is 4.99. The third kappa shape index (κ3) is 3.21. The Morgan fingerprint density at radius 2 is 1.82 bits per heavy atom. The van der Waals surface area contributed by atoms with Crippen LogP contribution in [0, 0.1) is 28.2 Å². The van der Waals surface area contributed by atoms with Gasteiger partial charge in [0.25, 0.3) is 0 Å². The molecule has 140 valence electrons. The molecule has 0 aromatic heterocycles. The maximum absolute atomic E-state index is 9.41. The SMILES string of the molecule is COC1CCC2(CCc3ccc(-c4cccc(C#N)c4)cc3/C2=N/C#N)CC1. The molecule has 0 aliphatic heterocycles. The van der Waals surface area contributed by atoms with Gasteiger partial charge in [-0.1, -0.05) is 24.3 Å². The number of benzene rings is 2. The highest BCUT2D eigenvalue weighted by Gasteiger charge is 2.43. The molecule has 4 nitrogen and oxygen atoms in total. The first-order chi connectivity index (χ1) is 13.7. The van der Waals surface area contributed by atoms with Gasteiger partial charge in [-0.2, -0.15) is 15.5 Å². The number of nitriles is 2. The lowest BCUT2D eigenvalue weighted by atomic mass is 9.62. The molecular weight excluding hydrogens is 346 g/mol. The summed E-state index contributed by atoms with van der Waals surface area (Å²) in [6, 6.07) is 16.3. The Morgan fingerprint density at radius 1 is 1.04 bits per heavy atom. The molecule has 4 heteroatoms. The Balaban J connectivity index is 1.76. The number of methoxy groups -OCH3 is 1. The summed E-state index contributed by atoms with van der Waals surface area (Å²) in [5, 5.41) is 18.6. The smallest absolute Gasteiger partial charge is 0.205 e. The predicted molar refractivity (Wildman–Crippen MR) is 109 cm³/mol. The lowest BCUT2D eigenvalue weighted by Gasteiger charge is -2.43. The molecule has 0 heterocycles. The third-order valence-corrected chi connectivity index (χ3v) is 6.45. The number of fused-ring (bicyclic) bond motifs is 1. The first kappa shape index (κ1) is 18.4. The Hall–Kier alpha value is -2.95. The molecule has 0 saturated heterocycles. The molecule has 4 rings (SSSR count). The van der Waals surface area contributed by atoms with Gasteiger partial charge in [-0.25, -0.2) is 0 Å². The number of hydrogen-bond donors (Lipinski definition) is 0. The van der Waals surface area contributed by atoms with Crippen molar-refractivity contribution in [2.45, 2.75) is 44.6 Å². The molecule has 1 spiro atoms. The summed E-state index contributed by atoms with van der Waals surface area (Å²) in [6.45, 7) is 0. The van der Waals surface area contributed by atoms with Crippen LogP contribution in [0.2, 0.25) is 0 Å². The molecule has 0 bridgehead atoms. The molecule has 2 aromatic carbocycles. The van der Waals surface area contributed by atoms with Crippen LogP contribution in [-0.4, -0.2) is 18.9 Å². The Morgan fingerprint density at radius 3 is 2.54 bits per heavy atom. The zero-order chi connectivity index (χ0) is 19.6. The molecule has 0 atom stereocenters. The summed E-state index contributed by atoms with van der Waals surface area (Å²) < 4.78 is 5.56. The van der Waals surface area contributed by atoms with E-state index < -0.39 is 0 Å². The van der Waals surface area contributed by atoms with E-state index in [-0.39, 0.29) is 5.41 Å². The van der Waals surface area contributed by atoms with Crippen molar-refractivity contribution in [3.8, 4) is 23.4 Å². The van der Waals surface area contributed by atoms with E-state index in [1.807, 2.05) is 24.3 Å². The van der Waals surface area contributed by atoms with Gasteiger partial charge in [-0.05, 0) is 73.4 Å². The van der Waals surface area contributed by atoms with Crippen molar-refractivity contribution in [3.63, 3.8) is 0 Å². The quantitative estimate of drug-likeness (QED) is 0.698. The van der Waals surface area contributed by atoms with Crippen LogP contribution in [0.15, 0.2) is 47.5 Å². The summed E-state index contributed by atoms with van der Waals surface area (Å²) >= 11 is 0. The van der Waals surface area contributed by atoms with E-state index in [4.69, 9.17) is 4.74 Å². The van der Waals surface area contributed by atoms with Gasteiger partial charge in [0, 0.05) is 18.1 Å². The second kappa shape index (κ2) is 7.58. The summed E-state index contributed by atoms with van der Waals surface area (Å²) in [4.78, 5) is 4.35. The van der Waals surface area contributed by atoms with Crippen LogP contribution >= 0.6 is 0 Å². The van der Waals surface area contributed by atoms with Gasteiger partial charge < -0.3 is 4.74 Å². The van der Waals surface area contributed by atoms with Gasteiger partial charge in [0.1, 0.15) is 0 Å². The monoisotopic (exact) mass is 369 g/mol. The fourth-order valence-corrected chi connectivity index (χ4v) is 4.84. The van der Waals surface area contributed by atoms with E-state index in [1.165, 1.54) is 5.56 Å². The normalized spacial score (nSPS) is 25.1. The fraction of sp³-hybridized carbons (Fsp3) is 0.375. The second-order valence-corrected chi connectivity index (χ2v) is 7.84. The van der Waals surface area contributed by atoms with Gasteiger partial charge >= 0.3 is 0 Å². The average molecular weight is 369 g/mol. The van der Waals surface area contributed by atoms with Crippen LogP contribution in [0.3, 0.4) is 0 Å². The minimum Gasteiger partial charge on any atom is -0.381 e. The molecule has 1 saturated carbocycles. The molecule has 2 aliphatic carbocycles. The largest absolute Gasteiger partial charge is 0.381 e. The molecular formula is C24H23N3O. The number of hydrogen-bond acceptors (Lipinski definition) is 4. The van der Waals surface area contributed by atoms with Gasteiger partial charge in [0.15, 0.2) is 0 Å². The van der Waals surface area contributed by atoms with Gasteiger partial charge in [0.2, 0.25) is 6.19 Å². The topological polar surface area (TPSA) is 69.2 Å². The minimum atomic E-state index is -0.0229. The first-order valence-electron chi connectivity index (χ1n) is 9.83. The molecule has 2 aromatic rings. The van der Waals surface area contributed by atoms with E-state index >= 15 is 0 Å². The van der Waals surface area contributed by atoms with Crippen molar-refractivity contribution in [1.82, 2.24) is 0 Å². The molecule has 0 N–H and O–H groups in total. The summed E-state index contributed by atoms with van der Waals surface area (Å²) in [5.74, 6) is 0. The van der Waals surface area contributed by atoms with Gasteiger partial charge in [-0.15, -0.1) is 0 Å². The molecule has 1 fully saturated rings. The molecule has 2 aliphatic rings. The molecule has 0 unspecified atom stereocenters. The van der Waals surface area contributed by atoms with Crippen molar-refractivity contribution in [3.05, 3.63) is 59.2 Å². The van der Waals surface area contributed by atoms with E-state index in [0.717, 1.165) is 60.9 Å². The van der Waals surface area contributed by atoms with Crippen molar-refractivity contribution in [2.24, 2.45) is 10.4 Å². The minimum absolute atomic E-state index is 0.0229. The highest BCUT2D eigenvalue weighted by molar-refractivity contribution is 6.08. The second-order valence-electron chi connectivity index (χ2n) is 7.84. The number of ether oxygens (including phenoxy) is 1. The maximum Gasteiger partial charge on any atom is 0.205 e. The van der Waals surface area contributed by atoms with Crippen molar-refractivity contribution >= 4 is 5.71 Å². The van der Waals surface area contributed by atoms with Crippen molar-refractivity contribution < 1.29 is 4.74 Å². The number of aliphatic imine (C=N–C) groups is 1. The van der Waals surface area contributed by atoms with Crippen molar-refractivity contribution in [2.75, 3.05) is 7.11 Å². The predicted octanol–water partition coefficient (Wildman–Crippen LogP) is 5.02. The third-order valence-electron chi connectivity index (χ3n) is 6.45. The number of nitrogens with zero attached hydrogens (tertiary/aromatic N) is 3. The fourth-order valence-electron chi connectivity index (χ4n) is 4.84. The van der Waals surface area contributed by atoms with Crippen LogP contribution in [0.25, 0.3) is 11.1 Å². The zero-order valence-corrected chi connectivity index (χ0v) is 16.1. The van der Waals surface area contributed by atoms with Crippen LogP contribution in [-0.2, 0) is 11.2 Å². The molecule has 0 radical (unpaired) electrons. The van der Waals surface area contributed by atoms with E-state index in [2.05, 4.69) is 35.5 Å². The first-order valence-corrected chi connectivity index (χ1v) is 9.83. The lowest BCUT2D eigenvalue weighted by Crippen LogP contribution is -2.41. The highest BCUT2D eigenvalue weighted by Crippen LogP contribution is 2.47. The number of aryl methyl sites for hydroxylation is 1. The Labute approximate surface area is 166 Å². The molecule has 28 heavy (non-hydrogen) atoms. The highest BCUT2D eigenvalue weighted by atomic mass is 16.5. The van der Waals surface area contributed by atoms with Gasteiger partial charge in [0.05, 0.1) is 23.4 Å². The van der Waals surface area contributed by atoms with Crippen LogP contribution < -0.4 is 0 Å².